The summed E-state index contributed by atoms with van der Waals surface area (Å²) in [6.07, 6.45) is 4.51. The van der Waals surface area contributed by atoms with Crippen molar-refractivity contribution in [3.8, 4) is 0 Å². The number of aryl methyl sites for hydroxylation is 3. The summed E-state index contributed by atoms with van der Waals surface area (Å²) in [5.41, 5.74) is 4.29. The number of nitrogens with zero attached hydrogens (tertiary/aromatic N) is 4. The minimum Gasteiger partial charge on any atom is -0.342 e. The van der Waals surface area contributed by atoms with Crippen LogP contribution in [0, 0.1) is 13.8 Å². The van der Waals surface area contributed by atoms with Gasteiger partial charge in [0.25, 0.3) is 0 Å². The van der Waals surface area contributed by atoms with Crippen LogP contribution >= 0.6 is 0 Å². The zero-order valence-electron chi connectivity index (χ0n) is 15.4. The lowest BCUT2D eigenvalue weighted by atomic mass is 9.97. The highest BCUT2D eigenvalue weighted by Gasteiger charge is 2.26. The number of para-hydroxylation sites is 1. The minimum absolute atomic E-state index is 0.204. The Morgan fingerprint density at radius 3 is 2.96 bits per heavy atom. The molecule has 1 fully saturated rings. The zero-order chi connectivity index (χ0) is 18.1. The van der Waals surface area contributed by atoms with Crippen molar-refractivity contribution >= 4 is 16.9 Å². The molecule has 3 heterocycles. The van der Waals surface area contributed by atoms with Gasteiger partial charge in [-0.15, -0.1) is 0 Å². The fraction of sp³-hybridized carbons (Fsp3) is 0.450. The topological polar surface area (TPSA) is 66.8 Å². The van der Waals surface area contributed by atoms with E-state index in [-0.39, 0.29) is 11.8 Å². The molecule has 0 unspecified atom stereocenters. The van der Waals surface area contributed by atoms with Gasteiger partial charge < -0.3 is 9.88 Å². The fourth-order valence-electron chi connectivity index (χ4n) is 3.77. The maximum absolute atomic E-state index is 12.6. The quantitative estimate of drug-likeness (QED) is 0.785. The number of H-pyrrole nitrogens is 1. The van der Waals surface area contributed by atoms with Crippen molar-refractivity contribution in [3.05, 3.63) is 47.5 Å². The number of carbonyl (C=O) groups excluding carboxylic acids is 1. The van der Waals surface area contributed by atoms with Crippen LogP contribution in [0.2, 0.25) is 0 Å². The summed E-state index contributed by atoms with van der Waals surface area (Å²) < 4.78 is 1.84. The molecule has 1 aromatic carbocycles. The molecule has 1 amide bonds. The predicted octanol–water partition coefficient (Wildman–Crippen LogP) is 3.17. The Kier molecular flexibility index (Phi) is 4.49. The largest absolute Gasteiger partial charge is 0.342 e. The number of hydrogen-bond donors (Lipinski definition) is 1. The summed E-state index contributed by atoms with van der Waals surface area (Å²) in [7, 11) is 0. The van der Waals surface area contributed by atoms with E-state index in [9.17, 15) is 4.79 Å². The van der Waals surface area contributed by atoms with Crippen LogP contribution in [-0.4, -0.2) is 43.6 Å². The Morgan fingerprint density at radius 2 is 2.19 bits per heavy atom. The molecule has 136 valence electrons. The molecule has 6 nitrogen and oxygen atoms in total. The summed E-state index contributed by atoms with van der Waals surface area (Å²) in [4.78, 5) is 22.9. The molecular weight excluding hydrogens is 326 g/mol. The molecule has 1 atom stereocenters. The van der Waals surface area contributed by atoms with Crippen molar-refractivity contribution in [2.24, 2.45) is 0 Å². The van der Waals surface area contributed by atoms with Crippen molar-refractivity contribution < 1.29 is 4.79 Å². The van der Waals surface area contributed by atoms with Crippen LogP contribution in [0.25, 0.3) is 11.0 Å². The molecular formula is C20H25N5O. The summed E-state index contributed by atoms with van der Waals surface area (Å²) in [6.45, 7) is 6.27. The van der Waals surface area contributed by atoms with Crippen molar-refractivity contribution in [1.29, 1.82) is 0 Å². The van der Waals surface area contributed by atoms with E-state index in [0.29, 0.717) is 13.0 Å². The van der Waals surface area contributed by atoms with Gasteiger partial charge in [0.2, 0.25) is 5.91 Å². The molecule has 26 heavy (non-hydrogen) atoms. The zero-order valence-corrected chi connectivity index (χ0v) is 15.4. The highest BCUT2D eigenvalue weighted by Crippen LogP contribution is 2.28. The minimum atomic E-state index is 0.204. The maximum Gasteiger partial charge on any atom is 0.224 e. The molecule has 0 radical (unpaired) electrons. The number of carbonyl (C=O) groups is 1. The average molecular weight is 351 g/mol. The molecule has 1 N–H and O–H groups in total. The number of amides is 1. The molecule has 2 aromatic heterocycles. The van der Waals surface area contributed by atoms with Crippen molar-refractivity contribution in [3.63, 3.8) is 0 Å². The third-order valence-corrected chi connectivity index (χ3v) is 5.22. The van der Waals surface area contributed by atoms with E-state index in [4.69, 9.17) is 4.98 Å². The molecule has 3 aromatic rings. The Bertz CT molecular complexity index is 925. The van der Waals surface area contributed by atoms with Crippen LogP contribution in [0.1, 0.15) is 42.3 Å². The Balaban J connectivity index is 1.42. The fourth-order valence-corrected chi connectivity index (χ4v) is 3.77. The third-order valence-electron chi connectivity index (χ3n) is 5.22. The van der Waals surface area contributed by atoms with Crippen molar-refractivity contribution in [2.75, 3.05) is 13.1 Å². The van der Waals surface area contributed by atoms with Gasteiger partial charge in [-0.05, 0) is 44.4 Å². The van der Waals surface area contributed by atoms with Gasteiger partial charge in [-0.3, -0.25) is 9.48 Å². The number of rotatable bonds is 4. The van der Waals surface area contributed by atoms with Crippen LogP contribution in [0.5, 0.6) is 0 Å². The lowest BCUT2D eigenvalue weighted by Crippen LogP contribution is -2.39. The van der Waals surface area contributed by atoms with E-state index < -0.39 is 0 Å². The molecule has 4 rings (SSSR count). The van der Waals surface area contributed by atoms with Crippen LogP contribution in [0.4, 0.5) is 0 Å². The number of likely N-dealkylation sites (tertiary alicyclic amines) is 1. The number of piperidine rings is 1. The monoisotopic (exact) mass is 351 g/mol. The molecule has 0 bridgehead atoms. The molecule has 1 saturated heterocycles. The number of hydrogen-bond acceptors (Lipinski definition) is 3. The number of fused-ring (bicyclic) bond motifs is 1. The number of imidazole rings is 1. The van der Waals surface area contributed by atoms with Crippen LogP contribution < -0.4 is 0 Å². The van der Waals surface area contributed by atoms with Gasteiger partial charge in [-0.2, -0.15) is 5.10 Å². The Morgan fingerprint density at radius 1 is 1.31 bits per heavy atom. The summed E-state index contributed by atoms with van der Waals surface area (Å²) >= 11 is 0. The Hall–Kier alpha value is -2.63. The highest BCUT2D eigenvalue weighted by atomic mass is 16.2. The summed E-state index contributed by atoms with van der Waals surface area (Å²) in [5, 5.41) is 4.35. The van der Waals surface area contributed by atoms with Gasteiger partial charge in [0.05, 0.1) is 16.7 Å². The number of aromatic amines is 1. The highest BCUT2D eigenvalue weighted by molar-refractivity contribution is 5.79. The number of benzene rings is 1. The summed E-state index contributed by atoms with van der Waals surface area (Å²) in [6, 6.07) is 8.16. The standard InChI is InChI=1S/C20H25N5O/c1-14-5-3-7-17-19(14)22-20(21-17)16-6-4-10-24(13-16)18(26)9-12-25-11-8-15(2)23-25/h3,5,7-8,11,16H,4,6,9-10,12-13H2,1-2H3,(H,21,22)/t16-/m1/s1. The second kappa shape index (κ2) is 6.94. The SMILES string of the molecule is Cc1ccn(CCC(=O)N2CCC[C@@H](c3nc4c(C)cccc4[nH]3)C2)n1. The molecule has 0 aliphatic carbocycles. The van der Waals surface area contributed by atoms with Gasteiger partial charge in [0.15, 0.2) is 0 Å². The number of nitrogens with one attached hydrogen (secondary N) is 1. The lowest BCUT2D eigenvalue weighted by Gasteiger charge is -2.32. The van der Waals surface area contributed by atoms with E-state index in [1.165, 1.54) is 5.56 Å². The smallest absolute Gasteiger partial charge is 0.224 e. The number of aromatic nitrogens is 4. The molecule has 1 aliphatic rings. The van der Waals surface area contributed by atoms with Crippen LogP contribution in [0.15, 0.2) is 30.5 Å². The predicted molar refractivity (Wildman–Crippen MR) is 101 cm³/mol. The van der Waals surface area contributed by atoms with Crippen LogP contribution in [-0.2, 0) is 11.3 Å². The van der Waals surface area contributed by atoms with Gasteiger partial charge in [-0.1, -0.05) is 12.1 Å². The van der Waals surface area contributed by atoms with Crippen molar-refractivity contribution in [2.45, 2.75) is 45.6 Å². The van der Waals surface area contributed by atoms with E-state index in [2.05, 4.69) is 29.1 Å². The van der Waals surface area contributed by atoms with Gasteiger partial charge >= 0.3 is 0 Å². The average Bonchev–Trinajstić information content (AvgIpc) is 3.27. The normalized spacial score (nSPS) is 17.8. The van der Waals surface area contributed by atoms with Crippen LogP contribution in [0.3, 0.4) is 0 Å². The molecule has 0 spiro atoms. The van der Waals surface area contributed by atoms with Crippen molar-refractivity contribution in [1.82, 2.24) is 24.6 Å². The Labute approximate surface area is 153 Å². The first-order valence-corrected chi connectivity index (χ1v) is 9.33. The van der Waals surface area contributed by atoms with Gasteiger partial charge in [0.1, 0.15) is 5.82 Å². The first kappa shape index (κ1) is 16.8. The van der Waals surface area contributed by atoms with E-state index in [0.717, 1.165) is 48.5 Å². The second-order valence-electron chi connectivity index (χ2n) is 7.24. The summed E-state index contributed by atoms with van der Waals surface area (Å²) in [5.74, 6) is 1.50. The molecule has 1 aliphatic heterocycles. The molecule has 0 saturated carbocycles. The molecule has 6 heteroatoms. The van der Waals surface area contributed by atoms with Gasteiger partial charge in [0, 0.05) is 38.2 Å². The van der Waals surface area contributed by atoms with E-state index >= 15 is 0 Å². The maximum atomic E-state index is 12.6. The first-order valence-electron chi connectivity index (χ1n) is 9.33. The van der Waals surface area contributed by atoms with Gasteiger partial charge in [-0.25, -0.2) is 4.98 Å². The van der Waals surface area contributed by atoms with E-state index in [1.807, 2.05) is 34.8 Å². The third kappa shape index (κ3) is 3.36. The lowest BCUT2D eigenvalue weighted by molar-refractivity contribution is -0.132. The first-order chi connectivity index (χ1) is 12.6. The van der Waals surface area contributed by atoms with E-state index in [1.54, 1.807) is 0 Å². The second-order valence-corrected chi connectivity index (χ2v) is 7.24.